The van der Waals surface area contributed by atoms with Gasteiger partial charge in [-0.25, -0.2) is 0 Å². The zero-order valence-electron chi connectivity index (χ0n) is 9.16. The molecule has 0 fully saturated rings. The molecule has 1 unspecified atom stereocenters. The van der Waals surface area contributed by atoms with Crippen LogP contribution in [-0.2, 0) is 6.42 Å². The van der Waals surface area contributed by atoms with E-state index in [-0.39, 0.29) is 6.10 Å². The van der Waals surface area contributed by atoms with Gasteiger partial charge < -0.3 is 10.0 Å². The molecule has 0 aliphatic rings. The number of rotatable bonds is 5. The molecule has 1 atom stereocenters. The van der Waals surface area contributed by atoms with Crippen molar-refractivity contribution < 1.29 is 5.11 Å². The lowest BCUT2D eigenvalue weighted by Gasteiger charge is -2.14. The number of aliphatic hydroxyl groups excluding tert-OH is 1. The molecule has 14 heavy (non-hydrogen) atoms. The Morgan fingerprint density at radius 2 is 2.21 bits per heavy atom. The predicted molar refractivity (Wildman–Crippen MR) is 61.8 cm³/mol. The Hall–Kier alpha value is -0.380. The fourth-order valence-corrected chi connectivity index (χ4v) is 2.46. The van der Waals surface area contributed by atoms with E-state index < -0.39 is 0 Å². The van der Waals surface area contributed by atoms with Gasteiger partial charge in [0.2, 0.25) is 0 Å². The first-order chi connectivity index (χ1) is 6.65. The SMILES string of the molecule is CCc1ccsc1C(O)CCN(C)C. The van der Waals surface area contributed by atoms with Crippen molar-refractivity contribution in [2.24, 2.45) is 0 Å². The molecule has 0 radical (unpaired) electrons. The van der Waals surface area contributed by atoms with Gasteiger partial charge in [-0.2, -0.15) is 0 Å². The van der Waals surface area contributed by atoms with Crippen LogP contribution >= 0.6 is 11.3 Å². The molecular formula is C11H19NOS. The minimum atomic E-state index is -0.285. The summed E-state index contributed by atoms with van der Waals surface area (Å²) in [6, 6.07) is 2.11. The Kier molecular flexibility index (Phi) is 4.58. The standard InChI is InChI=1S/C11H19NOS/c1-4-9-6-8-14-11(9)10(13)5-7-12(2)3/h6,8,10,13H,4-5,7H2,1-3H3. The summed E-state index contributed by atoms with van der Waals surface area (Å²) < 4.78 is 0. The number of hydrogen-bond acceptors (Lipinski definition) is 3. The Bertz CT molecular complexity index is 270. The number of aryl methyl sites for hydroxylation is 1. The maximum absolute atomic E-state index is 9.95. The third kappa shape index (κ3) is 3.08. The topological polar surface area (TPSA) is 23.5 Å². The van der Waals surface area contributed by atoms with Crippen LogP contribution in [-0.4, -0.2) is 30.6 Å². The minimum absolute atomic E-state index is 0.285. The molecule has 1 aromatic rings. The zero-order valence-corrected chi connectivity index (χ0v) is 9.97. The van der Waals surface area contributed by atoms with Gasteiger partial charge in [0.15, 0.2) is 0 Å². The molecule has 0 spiro atoms. The summed E-state index contributed by atoms with van der Waals surface area (Å²) in [7, 11) is 4.06. The van der Waals surface area contributed by atoms with Crippen LogP contribution in [0.4, 0.5) is 0 Å². The monoisotopic (exact) mass is 213 g/mol. The van der Waals surface area contributed by atoms with Gasteiger partial charge in [0.25, 0.3) is 0 Å². The molecule has 3 heteroatoms. The minimum Gasteiger partial charge on any atom is -0.388 e. The van der Waals surface area contributed by atoms with Crippen LogP contribution in [0.1, 0.15) is 29.9 Å². The van der Waals surface area contributed by atoms with E-state index in [1.165, 1.54) is 5.56 Å². The zero-order chi connectivity index (χ0) is 10.6. The largest absolute Gasteiger partial charge is 0.388 e. The van der Waals surface area contributed by atoms with Crippen LogP contribution in [0.2, 0.25) is 0 Å². The van der Waals surface area contributed by atoms with Gasteiger partial charge >= 0.3 is 0 Å². The Balaban J connectivity index is 2.55. The lowest BCUT2D eigenvalue weighted by molar-refractivity contribution is 0.157. The lowest BCUT2D eigenvalue weighted by atomic mass is 10.1. The highest BCUT2D eigenvalue weighted by atomic mass is 32.1. The third-order valence-electron chi connectivity index (χ3n) is 2.31. The van der Waals surface area contributed by atoms with Crippen LogP contribution < -0.4 is 0 Å². The molecule has 0 saturated heterocycles. The van der Waals surface area contributed by atoms with Crippen LogP contribution in [0, 0.1) is 0 Å². The molecule has 1 aromatic heterocycles. The second-order valence-electron chi connectivity index (χ2n) is 3.77. The first-order valence-corrected chi connectivity index (χ1v) is 5.92. The van der Waals surface area contributed by atoms with E-state index in [4.69, 9.17) is 0 Å². The lowest BCUT2D eigenvalue weighted by Crippen LogP contribution is -2.15. The highest BCUT2D eigenvalue weighted by Gasteiger charge is 2.12. The quantitative estimate of drug-likeness (QED) is 0.811. The van der Waals surface area contributed by atoms with Crippen LogP contribution in [0.25, 0.3) is 0 Å². The van der Waals surface area contributed by atoms with Crippen molar-refractivity contribution in [2.75, 3.05) is 20.6 Å². The van der Waals surface area contributed by atoms with E-state index in [0.717, 1.165) is 24.3 Å². The number of thiophene rings is 1. The summed E-state index contributed by atoms with van der Waals surface area (Å²) in [6.07, 6.45) is 1.55. The van der Waals surface area contributed by atoms with E-state index in [0.29, 0.717) is 0 Å². The molecule has 0 amide bonds. The van der Waals surface area contributed by atoms with Gasteiger partial charge in [0, 0.05) is 11.4 Å². The second-order valence-corrected chi connectivity index (χ2v) is 4.72. The Morgan fingerprint density at radius 3 is 2.79 bits per heavy atom. The van der Waals surface area contributed by atoms with Crippen LogP contribution in [0.5, 0.6) is 0 Å². The Labute approximate surface area is 90.2 Å². The molecule has 1 N–H and O–H groups in total. The molecule has 1 heterocycles. The van der Waals surface area contributed by atoms with E-state index in [9.17, 15) is 5.11 Å². The molecular weight excluding hydrogens is 194 g/mol. The first kappa shape index (κ1) is 11.7. The van der Waals surface area contributed by atoms with Crippen molar-refractivity contribution in [3.8, 4) is 0 Å². The highest BCUT2D eigenvalue weighted by Crippen LogP contribution is 2.27. The molecule has 0 bridgehead atoms. The maximum atomic E-state index is 9.95. The summed E-state index contributed by atoms with van der Waals surface area (Å²) in [6.45, 7) is 3.06. The van der Waals surface area contributed by atoms with Gasteiger partial charge in [-0.05, 0) is 43.9 Å². The fraction of sp³-hybridized carbons (Fsp3) is 0.636. The molecule has 80 valence electrons. The van der Waals surface area contributed by atoms with Crippen molar-refractivity contribution in [1.82, 2.24) is 4.90 Å². The summed E-state index contributed by atoms with van der Waals surface area (Å²) in [5.74, 6) is 0. The average Bonchev–Trinajstić information content (AvgIpc) is 2.61. The molecule has 1 rings (SSSR count). The van der Waals surface area contributed by atoms with Crippen molar-refractivity contribution in [3.63, 3.8) is 0 Å². The van der Waals surface area contributed by atoms with Gasteiger partial charge in [0.1, 0.15) is 0 Å². The van der Waals surface area contributed by atoms with Gasteiger partial charge in [-0.15, -0.1) is 11.3 Å². The second kappa shape index (κ2) is 5.49. The van der Waals surface area contributed by atoms with Crippen molar-refractivity contribution in [3.05, 3.63) is 21.9 Å². The van der Waals surface area contributed by atoms with Gasteiger partial charge in [-0.3, -0.25) is 0 Å². The van der Waals surface area contributed by atoms with Crippen molar-refractivity contribution in [2.45, 2.75) is 25.9 Å². The smallest absolute Gasteiger partial charge is 0.0896 e. The normalized spacial score (nSPS) is 13.5. The molecule has 0 saturated carbocycles. The van der Waals surface area contributed by atoms with Gasteiger partial charge in [-0.1, -0.05) is 6.92 Å². The van der Waals surface area contributed by atoms with Crippen molar-refractivity contribution in [1.29, 1.82) is 0 Å². The molecule has 2 nitrogen and oxygen atoms in total. The van der Waals surface area contributed by atoms with E-state index in [1.807, 2.05) is 14.1 Å². The van der Waals surface area contributed by atoms with Crippen molar-refractivity contribution >= 4 is 11.3 Å². The van der Waals surface area contributed by atoms with E-state index in [1.54, 1.807) is 11.3 Å². The summed E-state index contributed by atoms with van der Waals surface area (Å²) >= 11 is 1.67. The highest BCUT2D eigenvalue weighted by molar-refractivity contribution is 7.10. The summed E-state index contributed by atoms with van der Waals surface area (Å²) in [5, 5.41) is 12.0. The number of hydrogen-bond donors (Lipinski definition) is 1. The fourth-order valence-electron chi connectivity index (χ4n) is 1.44. The summed E-state index contributed by atoms with van der Waals surface area (Å²) in [5.41, 5.74) is 1.29. The van der Waals surface area contributed by atoms with E-state index in [2.05, 4.69) is 23.3 Å². The molecule has 0 aromatic carbocycles. The van der Waals surface area contributed by atoms with Gasteiger partial charge in [0.05, 0.1) is 6.10 Å². The Morgan fingerprint density at radius 1 is 1.50 bits per heavy atom. The molecule has 0 aliphatic heterocycles. The first-order valence-electron chi connectivity index (χ1n) is 5.04. The average molecular weight is 213 g/mol. The summed E-state index contributed by atoms with van der Waals surface area (Å²) in [4.78, 5) is 3.25. The number of aliphatic hydroxyl groups is 1. The number of nitrogens with zero attached hydrogens (tertiary/aromatic N) is 1. The van der Waals surface area contributed by atoms with Crippen LogP contribution in [0.3, 0.4) is 0 Å². The van der Waals surface area contributed by atoms with Crippen LogP contribution in [0.15, 0.2) is 11.4 Å². The van der Waals surface area contributed by atoms with E-state index >= 15 is 0 Å². The predicted octanol–water partition coefficient (Wildman–Crippen LogP) is 2.30. The third-order valence-corrected chi connectivity index (χ3v) is 3.37. The maximum Gasteiger partial charge on any atom is 0.0896 e. The molecule has 0 aliphatic carbocycles.